The zero-order chi connectivity index (χ0) is 27.7. The van der Waals surface area contributed by atoms with Gasteiger partial charge in [0.05, 0.1) is 38.0 Å². The fraction of sp³-hybridized carbons (Fsp3) is 0.0625. The fourth-order valence-corrected chi connectivity index (χ4v) is 4.71. The first kappa shape index (κ1) is 26.8. The predicted molar refractivity (Wildman–Crippen MR) is 166 cm³/mol. The first-order valence-corrected chi connectivity index (χ1v) is 13.3. The zero-order valence-corrected chi connectivity index (χ0v) is 23.6. The maximum atomic E-state index is 5.48. The molecule has 0 aliphatic rings. The number of halogens is 1. The highest BCUT2D eigenvalue weighted by atomic mass is 79.9. The summed E-state index contributed by atoms with van der Waals surface area (Å²) >= 11 is 3.43. The molecule has 7 nitrogen and oxygen atoms in total. The molecule has 0 aliphatic heterocycles. The number of rotatable bonds is 7. The summed E-state index contributed by atoms with van der Waals surface area (Å²) in [7, 11) is 3.33. The van der Waals surface area contributed by atoms with Gasteiger partial charge in [0, 0.05) is 57.5 Å². The monoisotopic (exact) mass is 593 g/mol. The van der Waals surface area contributed by atoms with E-state index in [1.165, 1.54) is 10.9 Å². The van der Waals surface area contributed by atoms with Crippen LogP contribution >= 0.6 is 15.9 Å². The molecule has 0 fully saturated rings. The molecular formula is C32H28BrN5O2. The molecule has 0 atom stereocenters. The maximum absolute atomic E-state index is 5.48. The number of ether oxygens (including phenoxy) is 2. The number of fused-ring (bicyclic) bond motifs is 1. The molecule has 40 heavy (non-hydrogen) atoms. The van der Waals surface area contributed by atoms with Gasteiger partial charge in [0.15, 0.2) is 0 Å². The van der Waals surface area contributed by atoms with Gasteiger partial charge in [-0.15, -0.1) is 0 Å². The van der Waals surface area contributed by atoms with Gasteiger partial charge in [0.2, 0.25) is 0 Å². The van der Waals surface area contributed by atoms with E-state index in [9.17, 15) is 0 Å². The van der Waals surface area contributed by atoms with Crippen molar-refractivity contribution in [2.24, 2.45) is 0 Å². The van der Waals surface area contributed by atoms with Gasteiger partial charge in [0.25, 0.3) is 0 Å². The Morgan fingerprint density at radius 2 is 1.32 bits per heavy atom. The smallest absolute Gasteiger partial charge is 0.122 e. The van der Waals surface area contributed by atoms with Crippen LogP contribution in [0.5, 0.6) is 11.5 Å². The van der Waals surface area contributed by atoms with Gasteiger partial charge in [-0.3, -0.25) is 9.97 Å². The van der Waals surface area contributed by atoms with Crippen LogP contribution in [0.1, 0.15) is 0 Å². The van der Waals surface area contributed by atoms with Crippen LogP contribution in [-0.4, -0.2) is 29.2 Å². The second-order valence-corrected chi connectivity index (χ2v) is 9.72. The summed E-state index contributed by atoms with van der Waals surface area (Å²) in [6.45, 7) is 0. The molecule has 0 unspecified atom stereocenters. The van der Waals surface area contributed by atoms with E-state index in [4.69, 9.17) is 9.47 Å². The van der Waals surface area contributed by atoms with Crippen molar-refractivity contribution >= 4 is 49.6 Å². The van der Waals surface area contributed by atoms with E-state index in [-0.39, 0.29) is 0 Å². The number of anilines is 4. The molecule has 3 N–H and O–H groups in total. The molecular weight excluding hydrogens is 566 g/mol. The quantitative estimate of drug-likeness (QED) is 0.172. The van der Waals surface area contributed by atoms with Crippen LogP contribution in [0.25, 0.3) is 22.0 Å². The Bertz CT molecular complexity index is 1690. The topological polar surface area (TPSA) is 84.1 Å². The number of H-pyrrole nitrogens is 1. The Morgan fingerprint density at radius 1 is 0.675 bits per heavy atom. The average molecular weight is 595 g/mol. The maximum Gasteiger partial charge on any atom is 0.122 e. The summed E-state index contributed by atoms with van der Waals surface area (Å²) in [5.41, 5.74) is 7.20. The lowest BCUT2D eigenvalue weighted by atomic mass is 10.0. The van der Waals surface area contributed by atoms with Crippen molar-refractivity contribution in [3.8, 4) is 22.6 Å². The van der Waals surface area contributed by atoms with Gasteiger partial charge in [0.1, 0.15) is 11.5 Å². The lowest BCUT2D eigenvalue weighted by Gasteiger charge is -2.12. The molecule has 3 aromatic carbocycles. The van der Waals surface area contributed by atoms with Gasteiger partial charge in [-0.25, -0.2) is 0 Å². The van der Waals surface area contributed by atoms with E-state index in [1.807, 2.05) is 54.7 Å². The van der Waals surface area contributed by atoms with Gasteiger partial charge in [-0.05, 0) is 71.8 Å². The van der Waals surface area contributed by atoms with Crippen molar-refractivity contribution in [1.82, 2.24) is 15.0 Å². The number of benzene rings is 3. The number of hydrogen-bond donors (Lipinski definition) is 3. The Morgan fingerprint density at radius 3 is 1.95 bits per heavy atom. The summed E-state index contributed by atoms with van der Waals surface area (Å²) in [6, 6.07) is 28.1. The van der Waals surface area contributed by atoms with Crippen LogP contribution in [0.3, 0.4) is 0 Å². The van der Waals surface area contributed by atoms with Crippen molar-refractivity contribution in [3.63, 3.8) is 0 Å². The third kappa shape index (κ3) is 6.78. The molecule has 0 radical (unpaired) electrons. The average Bonchev–Trinajstić information content (AvgIpc) is 3.47. The van der Waals surface area contributed by atoms with Crippen molar-refractivity contribution < 1.29 is 9.47 Å². The van der Waals surface area contributed by atoms with Crippen molar-refractivity contribution in [1.29, 1.82) is 0 Å². The summed E-state index contributed by atoms with van der Waals surface area (Å²) in [5, 5.41) is 7.82. The third-order valence-electron chi connectivity index (χ3n) is 6.06. The molecule has 200 valence electrons. The van der Waals surface area contributed by atoms with E-state index in [2.05, 4.69) is 77.9 Å². The van der Waals surface area contributed by atoms with Crippen LogP contribution < -0.4 is 20.1 Å². The van der Waals surface area contributed by atoms with Crippen molar-refractivity contribution in [3.05, 3.63) is 120 Å². The summed E-state index contributed by atoms with van der Waals surface area (Å²) in [6.07, 6.45) is 9.03. The minimum absolute atomic E-state index is 0.806. The van der Waals surface area contributed by atoms with Gasteiger partial charge >= 0.3 is 0 Å². The number of aromatic amines is 1. The summed E-state index contributed by atoms with van der Waals surface area (Å²) in [5.74, 6) is 1.62. The Hall–Kier alpha value is -4.82. The van der Waals surface area contributed by atoms with Crippen LogP contribution in [-0.2, 0) is 0 Å². The van der Waals surface area contributed by atoms with Gasteiger partial charge in [-0.1, -0.05) is 28.1 Å². The highest BCUT2D eigenvalue weighted by molar-refractivity contribution is 9.10. The number of nitrogens with one attached hydrogen (secondary N) is 3. The summed E-state index contributed by atoms with van der Waals surface area (Å²) < 4.78 is 11.6. The number of methoxy groups -OCH3 is 2. The van der Waals surface area contributed by atoms with E-state index in [1.54, 1.807) is 39.0 Å². The van der Waals surface area contributed by atoms with E-state index in [0.29, 0.717) is 0 Å². The van der Waals surface area contributed by atoms with E-state index >= 15 is 0 Å². The van der Waals surface area contributed by atoms with Gasteiger partial charge in [-0.2, -0.15) is 0 Å². The van der Waals surface area contributed by atoms with E-state index in [0.717, 1.165) is 49.8 Å². The molecule has 8 heteroatoms. The minimum atomic E-state index is 0.806. The highest BCUT2D eigenvalue weighted by Crippen LogP contribution is 2.34. The van der Waals surface area contributed by atoms with Crippen LogP contribution in [0.4, 0.5) is 22.7 Å². The molecule has 0 bridgehead atoms. The minimum Gasteiger partial charge on any atom is -0.497 e. The third-order valence-corrected chi connectivity index (χ3v) is 6.51. The van der Waals surface area contributed by atoms with Crippen LogP contribution in [0, 0.1) is 0 Å². The molecule has 0 aliphatic carbocycles. The highest BCUT2D eigenvalue weighted by Gasteiger charge is 2.08. The van der Waals surface area contributed by atoms with Crippen molar-refractivity contribution in [2.45, 2.75) is 0 Å². The first-order valence-electron chi connectivity index (χ1n) is 12.6. The molecule has 0 spiro atoms. The normalized spacial score (nSPS) is 10.4. The zero-order valence-electron chi connectivity index (χ0n) is 22.1. The summed E-state index contributed by atoms with van der Waals surface area (Å²) in [4.78, 5) is 11.4. The Labute approximate surface area is 241 Å². The first-order chi connectivity index (χ1) is 19.6. The number of pyridine rings is 2. The second kappa shape index (κ2) is 12.8. The number of hydrogen-bond acceptors (Lipinski definition) is 6. The SMILES string of the molecule is COc1cc(Br)cc(Nc2cccnc2)c1.COc1cc(Nc2cccnc2)cc(-c2cccc3[nH]ccc23)c1. The standard InChI is InChI=1S/C20H17N3O.C12H11BrN2O/c1-24-17-11-14(18-5-2-6-20-19(18)7-9-22-20)10-16(12-17)23-15-4-3-8-21-13-15;1-16-12-6-9(13)5-11(7-12)15-10-3-2-4-14-8-10/h2-13,22-23H,1H3;2-8,15H,1H3. The molecule has 0 amide bonds. The molecule has 3 heterocycles. The molecule has 0 saturated heterocycles. The largest absolute Gasteiger partial charge is 0.497 e. The second-order valence-electron chi connectivity index (χ2n) is 8.81. The van der Waals surface area contributed by atoms with E-state index < -0.39 is 0 Å². The lowest BCUT2D eigenvalue weighted by molar-refractivity contribution is 0.414. The Balaban J connectivity index is 0.000000176. The van der Waals surface area contributed by atoms with Crippen LogP contribution in [0.15, 0.2) is 120 Å². The molecule has 6 rings (SSSR count). The lowest BCUT2D eigenvalue weighted by Crippen LogP contribution is -1.93. The molecule has 0 saturated carbocycles. The van der Waals surface area contributed by atoms with Crippen molar-refractivity contribution in [2.75, 3.05) is 24.9 Å². The Kier molecular flexibility index (Phi) is 8.58. The van der Waals surface area contributed by atoms with Crippen LogP contribution in [0.2, 0.25) is 0 Å². The number of aromatic nitrogens is 3. The van der Waals surface area contributed by atoms with Gasteiger partial charge < -0.3 is 25.1 Å². The molecule has 6 aromatic rings. The number of nitrogens with zero attached hydrogens (tertiary/aromatic N) is 2. The molecule has 3 aromatic heterocycles. The fourth-order valence-electron chi connectivity index (χ4n) is 4.24. The predicted octanol–water partition coefficient (Wildman–Crippen LogP) is 8.58.